The summed E-state index contributed by atoms with van der Waals surface area (Å²) in [6, 6.07) is 1.32. The molecule has 1 aliphatic heterocycles. The first-order valence-electron chi connectivity index (χ1n) is 7.21. The highest BCUT2D eigenvalue weighted by Crippen LogP contribution is 2.16. The number of rotatable bonds is 7. The number of nitrogens with one attached hydrogen (secondary N) is 1. The van der Waals surface area contributed by atoms with Gasteiger partial charge in [-0.15, -0.1) is 0 Å². The van der Waals surface area contributed by atoms with E-state index in [1.165, 1.54) is 25.3 Å². The average Bonchev–Trinajstić information content (AvgIpc) is 2.38. The van der Waals surface area contributed by atoms with Crippen LogP contribution < -0.4 is 5.32 Å². The van der Waals surface area contributed by atoms with Gasteiger partial charge in [-0.3, -0.25) is 10.2 Å². The van der Waals surface area contributed by atoms with E-state index in [4.69, 9.17) is 4.43 Å². The molecule has 1 heterocycles. The van der Waals surface area contributed by atoms with Gasteiger partial charge in [-0.2, -0.15) is 0 Å². The Morgan fingerprint density at radius 2 is 1.94 bits per heavy atom. The van der Waals surface area contributed by atoms with Gasteiger partial charge in [0.1, 0.15) is 0 Å². The van der Waals surface area contributed by atoms with Crippen LogP contribution in [0.4, 0.5) is 0 Å². The predicted molar refractivity (Wildman–Crippen MR) is 75.3 cm³/mol. The SMILES string of the molecule is CCC(NC(C)N(CC)CC)[Si]1CCCCO1. The Hall–Kier alpha value is 0.0969. The Morgan fingerprint density at radius 1 is 1.24 bits per heavy atom. The second-order valence-electron chi connectivity index (χ2n) is 4.80. The van der Waals surface area contributed by atoms with Gasteiger partial charge in [-0.1, -0.05) is 27.2 Å². The van der Waals surface area contributed by atoms with Gasteiger partial charge in [0, 0.05) is 12.3 Å². The maximum absolute atomic E-state index is 6.00. The van der Waals surface area contributed by atoms with Gasteiger partial charge in [-0.25, -0.2) is 0 Å². The van der Waals surface area contributed by atoms with Crippen molar-refractivity contribution in [2.75, 3.05) is 19.7 Å². The Kier molecular flexibility index (Phi) is 7.35. The molecule has 1 fully saturated rings. The lowest BCUT2D eigenvalue weighted by atomic mass is 10.3. The van der Waals surface area contributed by atoms with E-state index in [9.17, 15) is 0 Å². The topological polar surface area (TPSA) is 24.5 Å². The summed E-state index contributed by atoms with van der Waals surface area (Å²) in [7, 11) is -0.619. The van der Waals surface area contributed by atoms with E-state index in [1.807, 2.05) is 0 Å². The lowest BCUT2D eigenvalue weighted by Gasteiger charge is -2.34. The Balaban J connectivity index is 2.44. The molecule has 1 aliphatic rings. The largest absolute Gasteiger partial charge is 0.415 e. The molecule has 0 aromatic heterocycles. The molecule has 4 heteroatoms. The molecule has 0 aliphatic carbocycles. The third kappa shape index (κ3) is 4.70. The van der Waals surface area contributed by atoms with Crippen LogP contribution in [-0.2, 0) is 4.43 Å². The van der Waals surface area contributed by atoms with E-state index in [-0.39, 0.29) is 0 Å². The van der Waals surface area contributed by atoms with Crippen LogP contribution in [-0.4, -0.2) is 45.5 Å². The zero-order valence-corrected chi connectivity index (χ0v) is 13.0. The molecule has 0 aromatic carbocycles. The third-order valence-corrected chi connectivity index (χ3v) is 6.48. The van der Waals surface area contributed by atoms with Gasteiger partial charge in [0.2, 0.25) is 9.04 Å². The Morgan fingerprint density at radius 3 is 2.41 bits per heavy atom. The van der Waals surface area contributed by atoms with E-state index in [0.29, 0.717) is 11.8 Å². The quantitative estimate of drug-likeness (QED) is 0.560. The van der Waals surface area contributed by atoms with Crippen molar-refractivity contribution in [3.05, 3.63) is 0 Å². The zero-order chi connectivity index (χ0) is 12.7. The third-order valence-electron chi connectivity index (χ3n) is 3.70. The first kappa shape index (κ1) is 15.2. The van der Waals surface area contributed by atoms with Gasteiger partial charge < -0.3 is 4.43 Å². The van der Waals surface area contributed by atoms with Crippen molar-refractivity contribution in [3.63, 3.8) is 0 Å². The fourth-order valence-electron chi connectivity index (χ4n) is 2.56. The molecule has 3 nitrogen and oxygen atoms in total. The molecule has 101 valence electrons. The normalized spacial score (nSPS) is 21.7. The minimum absolute atomic E-state index is 0.470. The van der Waals surface area contributed by atoms with Crippen molar-refractivity contribution in [1.29, 1.82) is 0 Å². The highest BCUT2D eigenvalue weighted by atomic mass is 28.3. The molecule has 0 bridgehead atoms. The van der Waals surface area contributed by atoms with Crippen LogP contribution in [0.1, 0.15) is 47.0 Å². The van der Waals surface area contributed by atoms with Crippen LogP contribution in [0.3, 0.4) is 0 Å². The molecule has 2 atom stereocenters. The van der Waals surface area contributed by atoms with Crippen molar-refractivity contribution in [3.8, 4) is 0 Å². The first-order chi connectivity index (χ1) is 8.22. The maximum Gasteiger partial charge on any atom is 0.229 e. The summed E-state index contributed by atoms with van der Waals surface area (Å²) in [6.07, 6.45) is 4.29. The molecule has 17 heavy (non-hydrogen) atoms. The van der Waals surface area contributed by atoms with Gasteiger partial charge in [0.15, 0.2) is 0 Å². The van der Waals surface area contributed by atoms with Crippen LogP contribution >= 0.6 is 0 Å². The van der Waals surface area contributed by atoms with E-state index < -0.39 is 9.04 Å². The summed E-state index contributed by atoms with van der Waals surface area (Å²) in [4.78, 5) is 2.47. The summed E-state index contributed by atoms with van der Waals surface area (Å²) in [5, 5.41) is 3.78. The highest BCUT2D eigenvalue weighted by molar-refractivity contribution is 6.53. The fourth-order valence-corrected chi connectivity index (χ4v) is 5.14. The lowest BCUT2D eigenvalue weighted by molar-refractivity contribution is 0.183. The van der Waals surface area contributed by atoms with E-state index in [1.54, 1.807) is 0 Å². The lowest BCUT2D eigenvalue weighted by Crippen LogP contribution is -2.54. The minimum Gasteiger partial charge on any atom is -0.415 e. The molecular formula is C13H29N2OSi. The first-order valence-corrected chi connectivity index (χ1v) is 8.90. The Labute approximate surface area is 109 Å². The molecule has 0 aromatic rings. The molecule has 1 saturated heterocycles. The molecule has 1 N–H and O–H groups in total. The van der Waals surface area contributed by atoms with Crippen molar-refractivity contribution >= 4 is 9.04 Å². The molecular weight excluding hydrogens is 228 g/mol. The zero-order valence-electron chi connectivity index (χ0n) is 12.0. The van der Waals surface area contributed by atoms with Gasteiger partial charge in [0.05, 0.1) is 6.17 Å². The summed E-state index contributed by atoms with van der Waals surface area (Å²) in [6.45, 7) is 12.2. The smallest absolute Gasteiger partial charge is 0.229 e. The highest BCUT2D eigenvalue weighted by Gasteiger charge is 2.28. The van der Waals surface area contributed by atoms with E-state index >= 15 is 0 Å². The minimum atomic E-state index is -0.619. The molecule has 2 unspecified atom stereocenters. The number of nitrogens with zero attached hydrogens (tertiary/aromatic N) is 1. The molecule has 0 amide bonds. The summed E-state index contributed by atoms with van der Waals surface area (Å²) in [5.41, 5.74) is 0.607. The second kappa shape index (κ2) is 8.24. The maximum atomic E-state index is 6.00. The molecule has 0 spiro atoms. The van der Waals surface area contributed by atoms with Crippen LogP contribution in [0.5, 0.6) is 0 Å². The Bertz CT molecular complexity index is 194. The van der Waals surface area contributed by atoms with Crippen molar-refractivity contribution in [2.24, 2.45) is 0 Å². The van der Waals surface area contributed by atoms with Gasteiger partial charge >= 0.3 is 0 Å². The summed E-state index contributed by atoms with van der Waals surface area (Å²) >= 11 is 0. The van der Waals surface area contributed by atoms with Crippen LogP contribution in [0.25, 0.3) is 0 Å². The van der Waals surface area contributed by atoms with E-state index in [0.717, 1.165) is 19.7 Å². The van der Waals surface area contributed by atoms with Crippen molar-refractivity contribution in [2.45, 2.75) is 64.8 Å². The monoisotopic (exact) mass is 257 g/mol. The fraction of sp³-hybridized carbons (Fsp3) is 1.00. The van der Waals surface area contributed by atoms with Crippen LogP contribution in [0, 0.1) is 0 Å². The number of hydrogen-bond donors (Lipinski definition) is 1. The van der Waals surface area contributed by atoms with Crippen LogP contribution in [0.2, 0.25) is 6.04 Å². The summed E-state index contributed by atoms with van der Waals surface area (Å²) in [5.74, 6) is 0. The molecule has 1 rings (SSSR count). The standard InChI is InChI=1S/C13H29N2OSi/c1-5-13(17-11-9-8-10-16-17)14-12(4)15(6-2)7-3/h12-14H,5-11H2,1-4H3. The van der Waals surface area contributed by atoms with Gasteiger partial charge in [0.25, 0.3) is 0 Å². The molecule has 0 saturated carbocycles. The second-order valence-corrected chi connectivity index (χ2v) is 7.21. The van der Waals surface area contributed by atoms with E-state index in [2.05, 4.69) is 37.9 Å². The average molecular weight is 257 g/mol. The van der Waals surface area contributed by atoms with Crippen molar-refractivity contribution < 1.29 is 4.43 Å². The number of hydrogen-bond acceptors (Lipinski definition) is 3. The molecule has 1 radical (unpaired) electrons. The summed E-state index contributed by atoms with van der Waals surface area (Å²) < 4.78 is 6.00. The van der Waals surface area contributed by atoms with Gasteiger partial charge in [-0.05, 0) is 38.9 Å². The van der Waals surface area contributed by atoms with Crippen molar-refractivity contribution in [1.82, 2.24) is 10.2 Å². The predicted octanol–water partition coefficient (Wildman–Crippen LogP) is 2.38. The van der Waals surface area contributed by atoms with Crippen LogP contribution in [0.15, 0.2) is 0 Å².